The molecule has 0 bridgehead atoms. The van der Waals surface area contributed by atoms with Crippen LogP contribution in [0.4, 0.5) is 0 Å². The SMILES string of the molecule is CC1(C)c2ccccc2-c2c(-c3sc(-c4cccc(-c5ccccc5)c4)c4ccccc34)cccc21. The summed E-state index contributed by atoms with van der Waals surface area (Å²) in [7, 11) is 0. The first-order valence-electron chi connectivity index (χ1n) is 12.5. The Hall–Kier alpha value is -3.94. The van der Waals surface area contributed by atoms with Crippen molar-refractivity contribution in [3.8, 4) is 43.1 Å². The zero-order chi connectivity index (χ0) is 24.3. The Balaban J connectivity index is 1.47. The van der Waals surface area contributed by atoms with Gasteiger partial charge in [-0.2, -0.15) is 0 Å². The molecular formula is C35H26S. The number of fused-ring (bicyclic) bond motifs is 4. The predicted molar refractivity (Wildman–Crippen MR) is 156 cm³/mol. The minimum Gasteiger partial charge on any atom is -0.134 e. The van der Waals surface area contributed by atoms with E-state index in [4.69, 9.17) is 0 Å². The average Bonchev–Trinajstić information content (AvgIpc) is 3.43. The summed E-state index contributed by atoms with van der Waals surface area (Å²) in [6.07, 6.45) is 0. The van der Waals surface area contributed by atoms with E-state index < -0.39 is 0 Å². The molecule has 36 heavy (non-hydrogen) atoms. The molecule has 1 aromatic heterocycles. The monoisotopic (exact) mass is 478 g/mol. The summed E-state index contributed by atoms with van der Waals surface area (Å²) in [6, 6.07) is 44.4. The largest absolute Gasteiger partial charge is 0.134 e. The van der Waals surface area contributed by atoms with Crippen LogP contribution >= 0.6 is 11.3 Å². The van der Waals surface area contributed by atoms with Crippen molar-refractivity contribution in [1.82, 2.24) is 0 Å². The predicted octanol–water partition coefficient (Wildman–Crippen LogP) is 10.2. The molecule has 0 nitrogen and oxygen atoms in total. The van der Waals surface area contributed by atoms with Crippen molar-refractivity contribution < 1.29 is 0 Å². The van der Waals surface area contributed by atoms with Crippen molar-refractivity contribution in [1.29, 1.82) is 0 Å². The van der Waals surface area contributed by atoms with Gasteiger partial charge in [0.1, 0.15) is 0 Å². The van der Waals surface area contributed by atoms with Crippen LogP contribution in [-0.2, 0) is 5.41 Å². The number of thiophene rings is 1. The van der Waals surface area contributed by atoms with Crippen molar-refractivity contribution in [2.45, 2.75) is 19.3 Å². The Morgan fingerprint density at radius 3 is 1.89 bits per heavy atom. The Morgan fingerprint density at radius 2 is 1.06 bits per heavy atom. The van der Waals surface area contributed by atoms with Gasteiger partial charge in [0.25, 0.3) is 0 Å². The summed E-state index contributed by atoms with van der Waals surface area (Å²) in [6.45, 7) is 4.71. The van der Waals surface area contributed by atoms with Crippen molar-refractivity contribution in [2.24, 2.45) is 0 Å². The summed E-state index contributed by atoms with van der Waals surface area (Å²) < 4.78 is 0. The molecule has 0 radical (unpaired) electrons. The third-order valence-corrected chi connectivity index (χ3v) is 9.01. The first-order valence-corrected chi connectivity index (χ1v) is 13.4. The van der Waals surface area contributed by atoms with Crippen LogP contribution < -0.4 is 0 Å². The first-order chi connectivity index (χ1) is 17.6. The molecule has 1 aliphatic carbocycles. The normalized spacial score (nSPS) is 13.5. The molecule has 1 aliphatic rings. The molecule has 1 heterocycles. The topological polar surface area (TPSA) is 0 Å². The molecule has 0 N–H and O–H groups in total. The number of hydrogen-bond donors (Lipinski definition) is 0. The maximum Gasteiger partial charge on any atom is 0.0434 e. The minimum absolute atomic E-state index is 0.00183. The van der Waals surface area contributed by atoms with Crippen LogP contribution in [0.25, 0.3) is 53.9 Å². The van der Waals surface area contributed by atoms with Crippen LogP contribution in [0.5, 0.6) is 0 Å². The van der Waals surface area contributed by atoms with E-state index in [2.05, 4.69) is 135 Å². The van der Waals surface area contributed by atoms with Gasteiger partial charge in [0.2, 0.25) is 0 Å². The maximum absolute atomic E-state index is 2.36. The molecule has 0 saturated carbocycles. The third kappa shape index (κ3) is 3.13. The van der Waals surface area contributed by atoms with Crippen molar-refractivity contribution >= 4 is 22.1 Å². The smallest absolute Gasteiger partial charge is 0.0434 e. The third-order valence-electron chi connectivity index (χ3n) is 7.70. The van der Waals surface area contributed by atoms with Crippen molar-refractivity contribution in [2.75, 3.05) is 0 Å². The van der Waals surface area contributed by atoms with Gasteiger partial charge < -0.3 is 0 Å². The van der Waals surface area contributed by atoms with Crippen LogP contribution in [0.2, 0.25) is 0 Å². The maximum atomic E-state index is 2.36. The highest BCUT2D eigenvalue weighted by atomic mass is 32.1. The summed E-state index contributed by atoms with van der Waals surface area (Å²) in [5.74, 6) is 0. The zero-order valence-electron chi connectivity index (χ0n) is 20.5. The molecule has 0 amide bonds. The average molecular weight is 479 g/mol. The highest BCUT2D eigenvalue weighted by Gasteiger charge is 2.37. The van der Waals surface area contributed by atoms with E-state index in [-0.39, 0.29) is 5.41 Å². The summed E-state index contributed by atoms with van der Waals surface area (Å²) in [4.78, 5) is 2.69. The van der Waals surface area contributed by atoms with Gasteiger partial charge in [0.05, 0.1) is 0 Å². The van der Waals surface area contributed by atoms with Crippen LogP contribution in [0.15, 0.2) is 121 Å². The van der Waals surface area contributed by atoms with Crippen LogP contribution in [0, 0.1) is 0 Å². The van der Waals surface area contributed by atoms with E-state index in [0.717, 1.165) is 0 Å². The van der Waals surface area contributed by atoms with Gasteiger partial charge >= 0.3 is 0 Å². The first kappa shape index (κ1) is 21.4. The lowest BCUT2D eigenvalue weighted by molar-refractivity contribution is 0.660. The lowest BCUT2D eigenvalue weighted by Gasteiger charge is -2.21. The van der Waals surface area contributed by atoms with Crippen LogP contribution in [-0.4, -0.2) is 0 Å². The van der Waals surface area contributed by atoms with Gasteiger partial charge in [-0.05, 0) is 45.0 Å². The Morgan fingerprint density at radius 1 is 0.472 bits per heavy atom. The molecular weight excluding hydrogens is 452 g/mol. The number of rotatable bonds is 3. The van der Waals surface area contributed by atoms with Gasteiger partial charge in [-0.1, -0.05) is 129 Å². The van der Waals surface area contributed by atoms with E-state index in [9.17, 15) is 0 Å². The van der Waals surface area contributed by atoms with Crippen LogP contribution in [0.3, 0.4) is 0 Å². The van der Waals surface area contributed by atoms with Crippen LogP contribution in [0.1, 0.15) is 25.0 Å². The van der Waals surface area contributed by atoms with E-state index in [1.807, 2.05) is 11.3 Å². The second-order valence-corrected chi connectivity index (χ2v) is 11.2. The minimum atomic E-state index is 0.00183. The lowest BCUT2D eigenvalue weighted by Crippen LogP contribution is -2.14. The second kappa shape index (κ2) is 8.05. The van der Waals surface area contributed by atoms with Gasteiger partial charge in [0, 0.05) is 31.5 Å². The van der Waals surface area contributed by atoms with Gasteiger partial charge in [-0.15, -0.1) is 11.3 Å². The molecule has 0 atom stereocenters. The summed E-state index contributed by atoms with van der Waals surface area (Å²) in [5, 5.41) is 2.66. The molecule has 0 spiro atoms. The zero-order valence-corrected chi connectivity index (χ0v) is 21.3. The molecule has 6 aromatic rings. The van der Waals surface area contributed by atoms with E-state index >= 15 is 0 Å². The molecule has 0 fully saturated rings. The lowest BCUT2D eigenvalue weighted by atomic mass is 9.82. The van der Waals surface area contributed by atoms with Gasteiger partial charge in [0.15, 0.2) is 0 Å². The molecule has 0 unspecified atom stereocenters. The molecule has 0 saturated heterocycles. The highest BCUT2D eigenvalue weighted by Crippen LogP contribution is 2.54. The highest BCUT2D eigenvalue weighted by molar-refractivity contribution is 7.21. The number of benzene rings is 5. The van der Waals surface area contributed by atoms with E-state index in [1.54, 1.807) is 0 Å². The number of hydrogen-bond acceptors (Lipinski definition) is 1. The van der Waals surface area contributed by atoms with Crippen molar-refractivity contribution in [3.05, 3.63) is 132 Å². The Kier molecular flexibility index (Phi) is 4.77. The molecule has 7 rings (SSSR count). The standard InChI is InChI=1S/C35H26S/c1-35(2)30-20-9-8-18-28(30)32-29(19-11-21-31(32)35)34-27-17-7-6-16-26(27)33(36-34)25-15-10-14-24(22-25)23-12-4-3-5-13-23/h3-22H,1-2H3. The fourth-order valence-electron chi connectivity index (χ4n) is 5.92. The molecule has 5 aromatic carbocycles. The van der Waals surface area contributed by atoms with E-state index in [0.29, 0.717) is 0 Å². The fraction of sp³-hybridized carbons (Fsp3) is 0.0857. The molecule has 1 heteroatoms. The molecule has 0 aliphatic heterocycles. The summed E-state index contributed by atoms with van der Waals surface area (Å²) in [5.41, 5.74) is 10.7. The second-order valence-electron chi connectivity index (χ2n) is 10.2. The molecule has 172 valence electrons. The van der Waals surface area contributed by atoms with E-state index in [1.165, 1.54) is 65.0 Å². The van der Waals surface area contributed by atoms with Gasteiger partial charge in [-0.25, -0.2) is 0 Å². The van der Waals surface area contributed by atoms with Gasteiger partial charge in [-0.3, -0.25) is 0 Å². The Labute approximate surface area is 216 Å². The fourth-order valence-corrected chi connectivity index (χ4v) is 7.22. The quantitative estimate of drug-likeness (QED) is 0.237. The van der Waals surface area contributed by atoms with Crippen molar-refractivity contribution in [3.63, 3.8) is 0 Å². The summed E-state index contributed by atoms with van der Waals surface area (Å²) >= 11 is 1.92. The Bertz CT molecular complexity index is 1750.